The average molecular weight is 325 g/mol. The van der Waals surface area contributed by atoms with Crippen LogP contribution in [0, 0.1) is 0 Å². The maximum Gasteiger partial charge on any atom is 0.324 e. The third kappa shape index (κ3) is 3.79. The van der Waals surface area contributed by atoms with Gasteiger partial charge < -0.3 is 14.9 Å². The third-order valence-electron chi connectivity index (χ3n) is 2.32. The minimum Gasteiger partial charge on any atom is -0.480 e. The molecule has 8 nitrogen and oxygen atoms in total. The number of aromatic nitrogens is 1. The Labute approximate surface area is 120 Å². The molecule has 0 spiro atoms. The molecule has 0 fully saturated rings. The number of nitrogens with one attached hydrogen (secondary N) is 1. The highest BCUT2D eigenvalue weighted by Gasteiger charge is 2.29. The number of aliphatic hydroxyl groups excluding tert-OH is 1. The lowest BCUT2D eigenvalue weighted by atomic mass is 10.2. The highest BCUT2D eigenvalue weighted by atomic mass is 35.5. The minimum atomic E-state index is -4.19. The van der Waals surface area contributed by atoms with Crippen molar-refractivity contribution in [3.63, 3.8) is 0 Å². The van der Waals surface area contributed by atoms with E-state index in [1.165, 1.54) is 7.11 Å². The molecule has 0 saturated carbocycles. The molecule has 112 valence electrons. The Hall–Kier alpha value is -1.42. The fourth-order valence-electron chi connectivity index (χ4n) is 1.30. The maximum absolute atomic E-state index is 12.0. The summed E-state index contributed by atoms with van der Waals surface area (Å²) >= 11 is 5.75. The van der Waals surface area contributed by atoms with Crippen LogP contribution in [0.3, 0.4) is 0 Å². The van der Waals surface area contributed by atoms with Crippen molar-refractivity contribution in [1.29, 1.82) is 0 Å². The standard InChI is InChI=1S/C10H13ClN2O6S/c1-5(14)8(10(15)16)13-20(17,18)6-3-7(11)9(19-2)12-4-6/h3-5,8,13-14H,1-2H3,(H,15,16)/t5-,8-/m0/s1. The zero-order chi connectivity index (χ0) is 15.5. The largest absolute Gasteiger partial charge is 0.480 e. The lowest BCUT2D eigenvalue weighted by molar-refractivity contribution is -0.141. The second-order valence-corrected chi connectivity index (χ2v) is 5.96. The van der Waals surface area contributed by atoms with Crippen LogP contribution in [-0.4, -0.2) is 48.8 Å². The van der Waals surface area contributed by atoms with Gasteiger partial charge in [0.25, 0.3) is 0 Å². The Morgan fingerprint density at radius 2 is 2.15 bits per heavy atom. The van der Waals surface area contributed by atoms with Gasteiger partial charge in [-0.1, -0.05) is 11.6 Å². The van der Waals surface area contributed by atoms with E-state index in [4.69, 9.17) is 21.4 Å². The number of carboxylic acids is 1. The molecule has 0 unspecified atom stereocenters. The average Bonchev–Trinajstić information content (AvgIpc) is 2.35. The third-order valence-corrected chi connectivity index (χ3v) is 4.00. The highest BCUT2D eigenvalue weighted by Crippen LogP contribution is 2.24. The van der Waals surface area contributed by atoms with E-state index in [1.807, 2.05) is 4.72 Å². The Morgan fingerprint density at radius 3 is 2.55 bits per heavy atom. The molecule has 1 aromatic rings. The molecule has 10 heteroatoms. The number of carbonyl (C=O) groups is 1. The summed E-state index contributed by atoms with van der Waals surface area (Å²) in [6, 6.07) is -0.614. The summed E-state index contributed by atoms with van der Waals surface area (Å²) in [7, 11) is -2.88. The maximum atomic E-state index is 12.0. The van der Waals surface area contributed by atoms with Gasteiger partial charge in [0.2, 0.25) is 15.9 Å². The summed E-state index contributed by atoms with van der Waals surface area (Å²) in [5.74, 6) is -1.47. The van der Waals surface area contributed by atoms with Gasteiger partial charge in [-0.25, -0.2) is 13.4 Å². The molecule has 1 aromatic heterocycles. The molecule has 1 heterocycles. The van der Waals surface area contributed by atoms with Gasteiger partial charge in [0.1, 0.15) is 16.0 Å². The monoisotopic (exact) mass is 324 g/mol. The fourth-order valence-corrected chi connectivity index (χ4v) is 2.84. The Kier molecular flexibility index (Phi) is 5.28. The van der Waals surface area contributed by atoms with Gasteiger partial charge in [-0.2, -0.15) is 4.72 Å². The highest BCUT2D eigenvalue weighted by molar-refractivity contribution is 7.89. The lowest BCUT2D eigenvalue weighted by Crippen LogP contribution is -2.47. The SMILES string of the molecule is COc1ncc(S(=O)(=O)N[C@H](C(=O)O)[C@H](C)O)cc1Cl. The first kappa shape index (κ1) is 16.6. The van der Waals surface area contributed by atoms with Gasteiger partial charge in [0.15, 0.2) is 0 Å². The topological polar surface area (TPSA) is 126 Å². The van der Waals surface area contributed by atoms with Crippen LogP contribution in [0.2, 0.25) is 5.02 Å². The number of pyridine rings is 1. The molecule has 0 saturated heterocycles. The number of carboxylic acid groups (broad SMARTS) is 1. The van der Waals surface area contributed by atoms with Crippen molar-refractivity contribution in [3.8, 4) is 5.88 Å². The van der Waals surface area contributed by atoms with E-state index in [9.17, 15) is 18.3 Å². The van der Waals surface area contributed by atoms with Crippen LogP contribution in [-0.2, 0) is 14.8 Å². The first-order valence-corrected chi connectivity index (χ1v) is 7.18. The number of ether oxygens (including phenoxy) is 1. The summed E-state index contributed by atoms with van der Waals surface area (Å²) in [6.45, 7) is 1.15. The predicted octanol–water partition coefficient (Wildman–Crippen LogP) is -0.144. The number of aliphatic carboxylic acids is 1. The second-order valence-electron chi connectivity index (χ2n) is 3.84. The molecule has 0 aliphatic rings. The zero-order valence-electron chi connectivity index (χ0n) is 10.6. The quantitative estimate of drug-likeness (QED) is 0.664. The van der Waals surface area contributed by atoms with E-state index in [-0.39, 0.29) is 15.8 Å². The van der Waals surface area contributed by atoms with Gasteiger partial charge in [0.05, 0.1) is 19.4 Å². The summed E-state index contributed by atoms with van der Waals surface area (Å²) in [5, 5.41) is 18.1. The molecular weight excluding hydrogens is 312 g/mol. The van der Waals surface area contributed by atoms with Gasteiger partial charge >= 0.3 is 5.97 Å². The van der Waals surface area contributed by atoms with Crippen LogP contribution in [0.25, 0.3) is 0 Å². The summed E-state index contributed by atoms with van der Waals surface area (Å²) in [4.78, 5) is 14.2. The number of methoxy groups -OCH3 is 1. The summed E-state index contributed by atoms with van der Waals surface area (Å²) in [5.41, 5.74) is 0. The van der Waals surface area contributed by atoms with Crippen molar-refractivity contribution < 1.29 is 28.2 Å². The molecule has 0 amide bonds. The Balaban J connectivity index is 3.11. The van der Waals surface area contributed by atoms with Crippen molar-refractivity contribution in [2.75, 3.05) is 7.11 Å². The molecule has 20 heavy (non-hydrogen) atoms. The molecule has 0 bridgehead atoms. The number of hydrogen-bond donors (Lipinski definition) is 3. The van der Waals surface area contributed by atoms with Crippen molar-refractivity contribution in [3.05, 3.63) is 17.3 Å². The first-order chi connectivity index (χ1) is 9.19. The van der Waals surface area contributed by atoms with Gasteiger partial charge in [0, 0.05) is 0 Å². The number of halogens is 1. The van der Waals surface area contributed by atoms with E-state index in [1.54, 1.807) is 0 Å². The summed E-state index contributed by atoms with van der Waals surface area (Å²) < 4.78 is 30.6. The zero-order valence-corrected chi connectivity index (χ0v) is 12.1. The van der Waals surface area contributed by atoms with Crippen LogP contribution < -0.4 is 9.46 Å². The van der Waals surface area contributed by atoms with Crippen molar-refractivity contribution in [1.82, 2.24) is 9.71 Å². The normalized spacial score (nSPS) is 14.6. The lowest BCUT2D eigenvalue weighted by Gasteiger charge is -2.17. The molecule has 0 aromatic carbocycles. The van der Waals surface area contributed by atoms with Crippen LogP contribution in [0.4, 0.5) is 0 Å². The molecule has 0 aliphatic heterocycles. The van der Waals surface area contributed by atoms with Crippen LogP contribution in [0.1, 0.15) is 6.92 Å². The van der Waals surface area contributed by atoms with Gasteiger partial charge in [-0.3, -0.25) is 4.79 Å². The molecule has 0 radical (unpaired) electrons. The number of sulfonamides is 1. The van der Waals surface area contributed by atoms with Crippen LogP contribution in [0.5, 0.6) is 5.88 Å². The predicted molar refractivity (Wildman–Crippen MR) is 69.2 cm³/mol. The van der Waals surface area contributed by atoms with Crippen LogP contribution >= 0.6 is 11.6 Å². The van der Waals surface area contributed by atoms with Crippen molar-refractivity contribution in [2.24, 2.45) is 0 Å². The first-order valence-electron chi connectivity index (χ1n) is 5.31. The summed E-state index contributed by atoms with van der Waals surface area (Å²) in [6.07, 6.45) is -0.447. The molecular formula is C10H13ClN2O6S. The van der Waals surface area contributed by atoms with E-state index in [0.717, 1.165) is 19.2 Å². The number of rotatable bonds is 6. The molecule has 2 atom stereocenters. The Morgan fingerprint density at radius 1 is 1.55 bits per heavy atom. The van der Waals surface area contributed by atoms with Crippen molar-refractivity contribution >= 4 is 27.6 Å². The molecule has 3 N–H and O–H groups in total. The second kappa shape index (κ2) is 6.35. The van der Waals surface area contributed by atoms with E-state index >= 15 is 0 Å². The molecule has 1 rings (SSSR count). The van der Waals surface area contributed by atoms with Crippen molar-refractivity contribution in [2.45, 2.75) is 24.0 Å². The van der Waals surface area contributed by atoms with Gasteiger partial charge in [-0.05, 0) is 13.0 Å². The number of nitrogens with zero attached hydrogens (tertiary/aromatic N) is 1. The smallest absolute Gasteiger partial charge is 0.324 e. The number of aliphatic hydroxyl groups is 1. The van der Waals surface area contributed by atoms with E-state index in [2.05, 4.69) is 4.98 Å². The Bertz CT molecular complexity index is 604. The van der Waals surface area contributed by atoms with E-state index < -0.39 is 28.1 Å². The fraction of sp³-hybridized carbons (Fsp3) is 0.400. The van der Waals surface area contributed by atoms with E-state index in [0.29, 0.717) is 0 Å². The number of hydrogen-bond acceptors (Lipinski definition) is 6. The molecule has 0 aliphatic carbocycles. The van der Waals surface area contributed by atoms with Gasteiger partial charge in [-0.15, -0.1) is 0 Å². The minimum absolute atomic E-state index is 0.0379. The van der Waals surface area contributed by atoms with Crippen LogP contribution in [0.15, 0.2) is 17.2 Å².